The molecule has 0 saturated carbocycles. The number of ether oxygens (including phenoxy) is 4. The molecule has 2 aromatic rings. The predicted molar refractivity (Wildman–Crippen MR) is 119 cm³/mol. The number of carbonyl (C=O) groups excluding carboxylic acids is 3. The van der Waals surface area contributed by atoms with Gasteiger partial charge in [-0.2, -0.15) is 0 Å². The Labute approximate surface area is 193 Å². The SMILES string of the molecule is COc1ccc(OC)c(N2C(=O)[C@@H]3[C@H](SC(N)=C4C(=O)Oc5c(OC)cccc5[C@H]43)C2=O)c1. The Balaban J connectivity index is 1.67. The van der Waals surface area contributed by atoms with E-state index in [1.54, 1.807) is 36.4 Å². The first-order valence-electron chi connectivity index (χ1n) is 10.1. The van der Waals surface area contributed by atoms with Gasteiger partial charge in [-0.15, -0.1) is 0 Å². The Bertz CT molecular complexity index is 1240. The van der Waals surface area contributed by atoms with Crippen LogP contribution in [-0.2, 0) is 14.4 Å². The van der Waals surface area contributed by atoms with E-state index in [-0.39, 0.29) is 22.0 Å². The maximum absolute atomic E-state index is 13.8. The summed E-state index contributed by atoms with van der Waals surface area (Å²) in [5.41, 5.74) is 7.27. The van der Waals surface area contributed by atoms with Gasteiger partial charge in [-0.05, 0) is 18.2 Å². The van der Waals surface area contributed by atoms with Crippen molar-refractivity contribution in [3.63, 3.8) is 0 Å². The summed E-state index contributed by atoms with van der Waals surface area (Å²) in [7, 11) is 4.41. The molecule has 0 spiro atoms. The molecule has 3 aliphatic rings. The van der Waals surface area contributed by atoms with E-state index in [0.29, 0.717) is 22.8 Å². The first-order chi connectivity index (χ1) is 15.9. The fourth-order valence-electron chi connectivity index (χ4n) is 4.62. The number of anilines is 1. The van der Waals surface area contributed by atoms with Crippen molar-refractivity contribution in [3.8, 4) is 23.0 Å². The number of para-hydroxylation sites is 1. The summed E-state index contributed by atoms with van der Waals surface area (Å²) in [4.78, 5) is 41.3. The van der Waals surface area contributed by atoms with E-state index in [9.17, 15) is 14.4 Å². The van der Waals surface area contributed by atoms with E-state index in [4.69, 9.17) is 24.7 Å². The van der Waals surface area contributed by atoms with Crippen molar-refractivity contribution in [2.24, 2.45) is 11.7 Å². The van der Waals surface area contributed by atoms with Gasteiger partial charge < -0.3 is 24.7 Å². The molecule has 5 rings (SSSR count). The van der Waals surface area contributed by atoms with Gasteiger partial charge in [-0.25, -0.2) is 9.69 Å². The average molecular weight is 468 g/mol. The first-order valence-corrected chi connectivity index (χ1v) is 10.9. The molecule has 0 aromatic heterocycles. The molecule has 2 aromatic carbocycles. The lowest BCUT2D eigenvalue weighted by Crippen LogP contribution is -2.39. The van der Waals surface area contributed by atoms with Gasteiger partial charge in [0.15, 0.2) is 11.5 Å². The molecule has 0 radical (unpaired) electrons. The Hall–Kier alpha value is -3.66. The van der Waals surface area contributed by atoms with E-state index in [2.05, 4.69) is 0 Å². The Morgan fingerprint density at radius 3 is 2.42 bits per heavy atom. The van der Waals surface area contributed by atoms with Crippen molar-refractivity contribution < 1.29 is 33.3 Å². The van der Waals surface area contributed by atoms with Crippen LogP contribution in [0.4, 0.5) is 5.69 Å². The van der Waals surface area contributed by atoms with Crippen molar-refractivity contribution >= 4 is 35.2 Å². The third-order valence-electron chi connectivity index (χ3n) is 6.09. The zero-order chi connectivity index (χ0) is 23.4. The highest BCUT2D eigenvalue weighted by atomic mass is 32.2. The first kappa shape index (κ1) is 21.2. The number of rotatable bonds is 4. The summed E-state index contributed by atoms with van der Waals surface area (Å²) in [6.45, 7) is 0. The number of methoxy groups -OCH3 is 3. The summed E-state index contributed by atoms with van der Waals surface area (Å²) in [6, 6.07) is 10.0. The van der Waals surface area contributed by atoms with Crippen LogP contribution < -0.4 is 29.6 Å². The molecule has 0 aliphatic carbocycles. The lowest BCUT2D eigenvalue weighted by molar-refractivity contribution is -0.132. The minimum atomic E-state index is -0.862. The summed E-state index contributed by atoms with van der Waals surface area (Å²) < 4.78 is 21.6. The van der Waals surface area contributed by atoms with Crippen molar-refractivity contribution in [1.29, 1.82) is 0 Å². The number of carbonyl (C=O) groups is 3. The molecule has 9 nitrogen and oxygen atoms in total. The number of imide groups is 1. The van der Waals surface area contributed by atoms with Crippen LogP contribution in [0.15, 0.2) is 47.0 Å². The van der Waals surface area contributed by atoms with Crippen LogP contribution in [0.3, 0.4) is 0 Å². The second-order valence-corrected chi connectivity index (χ2v) is 8.82. The maximum atomic E-state index is 13.8. The number of amides is 2. The Kier molecular flexibility index (Phi) is 4.97. The molecule has 2 N–H and O–H groups in total. The Morgan fingerprint density at radius 2 is 1.73 bits per heavy atom. The van der Waals surface area contributed by atoms with Gasteiger partial charge >= 0.3 is 5.97 Å². The molecule has 1 saturated heterocycles. The van der Waals surface area contributed by atoms with Gasteiger partial charge in [0, 0.05) is 17.5 Å². The van der Waals surface area contributed by atoms with Gasteiger partial charge in [-0.1, -0.05) is 23.9 Å². The van der Waals surface area contributed by atoms with Crippen LogP contribution in [0.1, 0.15) is 11.5 Å². The third kappa shape index (κ3) is 2.97. The van der Waals surface area contributed by atoms with Gasteiger partial charge in [-0.3, -0.25) is 9.59 Å². The number of hydrogen-bond donors (Lipinski definition) is 1. The second kappa shape index (κ2) is 7.73. The quantitative estimate of drug-likeness (QED) is 0.409. The molecule has 2 amide bonds. The number of fused-ring (bicyclic) bond motifs is 5. The minimum Gasteiger partial charge on any atom is -0.497 e. The van der Waals surface area contributed by atoms with E-state index in [1.165, 1.54) is 21.3 Å². The fourth-order valence-corrected chi connectivity index (χ4v) is 5.86. The normalized spacial score (nSPS) is 23.5. The zero-order valence-electron chi connectivity index (χ0n) is 18.0. The van der Waals surface area contributed by atoms with Gasteiger partial charge in [0.2, 0.25) is 11.8 Å². The number of nitrogens with two attached hydrogens (primary N) is 1. The predicted octanol–water partition coefficient (Wildman–Crippen LogP) is 2.19. The summed E-state index contributed by atoms with van der Waals surface area (Å²) >= 11 is 1.01. The van der Waals surface area contributed by atoms with Crippen molar-refractivity contribution in [2.75, 3.05) is 26.2 Å². The van der Waals surface area contributed by atoms with Crippen LogP contribution in [0.25, 0.3) is 0 Å². The molecule has 3 heterocycles. The molecular weight excluding hydrogens is 448 g/mol. The third-order valence-corrected chi connectivity index (χ3v) is 7.31. The monoisotopic (exact) mass is 468 g/mol. The number of esters is 1. The average Bonchev–Trinajstić information content (AvgIpc) is 3.07. The molecule has 10 heteroatoms. The molecular formula is C23H20N2O7S. The number of thioether (sulfide) groups is 1. The summed E-state index contributed by atoms with van der Waals surface area (Å²) in [5.74, 6) is -1.77. The van der Waals surface area contributed by atoms with Crippen molar-refractivity contribution in [3.05, 3.63) is 52.6 Å². The highest BCUT2D eigenvalue weighted by molar-refractivity contribution is 8.04. The van der Waals surface area contributed by atoms with Gasteiger partial charge in [0.25, 0.3) is 0 Å². The Morgan fingerprint density at radius 1 is 0.970 bits per heavy atom. The molecule has 170 valence electrons. The highest BCUT2D eigenvalue weighted by Gasteiger charge is 2.59. The molecule has 1 fully saturated rings. The largest absolute Gasteiger partial charge is 0.497 e. The van der Waals surface area contributed by atoms with E-state index in [0.717, 1.165) is 16.7 Å². The van der Waals surface area contributed by atoms with Crippen LogP contribution in [0.2, 0.25) is 0 Å². The minimum absolute atomic E-state index is 0.167. The lowest BCUT2D eigenvalue weighted by Gasteiger charge is -2.36. The van der Waals surface area contributed by atoms with Crippen LogP contribution >= 0.6 is 11.8 Å². The van der Waals surface area contributed by atoms with Gasteiger partial charge in [0.05, 0.1) is 43.5 Å². The lowest BCUT2D eigenvalue weighted by atomic mass is 9.77. The van der Waals surface area contributed by atoms with E-state index in [1.807, 2.05) is 0 Å². The maximum Gasteiger partial charge on any atom is 0.342 e. The number of hydrogen-bond acceptors (Lipinski definition) is 9. The second-order valence-electron chi connectivity index (χ2n) is 7.64. The summed E-state index contributed by atoms with van der Waals surface area (Å²) in [5, 5.41) is -0.646. The van der Waals surface area contributed by atoms with Crippen LogP contribution in [-0.4, -0.2) is 44.4 Å². The van der Waals surface area contributed by atoms with E-state index < -0.39 is 34.9 Å². The smallest absolute Gasteiger partial charge is 0.342 e. The summed E-state index contributed by atoms with van der Waals surface area (Å²) in [6.07, 6.45) is 0. The number of benzene rings is 2. The van der Waals surface area contributed by atoms with Crippen molar-refractivity contribution in [2.45, 2.75) is 11.2 Å². The van der Waals surface area contributed by atoms with E-state index >= 15 is 0 Å². The molecule has 0 unspecified atom stereocenters. The molecule has 3 atom stereocenters. The molecule has 3 aliphatic heterocycles. The molecule has 33 heavy (non-hydrogen) atoms. The van der Waals surface area contributed by atoms with Gasteiger partial charge in [0.1, 0.15) is 16.7 Å². The standard InChI is InChI=1S/C23H20N2O7S/c1-29-10-7-8-13(30-2)12(9-10)25-21(26)16-15-11-5-4-6-14(31-3)18(11)32-23(28)17(15)20(24)33-19(16)22(25)27/h4-9,15-16,19H,24H2,1-3H3/t15-,16-,19-/m0/s1. The number of nitrogens with zero attached hydrogens (tertiary/aromatic N) is 1. The zero-order valence-corrected chi connectivity index (χ0v) is 18.8. The topological polar surface area (TPSA) is 117 Å². The van der Waals surface area contributed by atoms with Crippen molar-refractivity contribution in [1.82, 2.24) is 0 Å². The molecule has 0 bridgehead atoms. The van der Waals surface area contributed by atoms with Crippen LogP contribution in [0.5, 0.6) is 23.0 Å². The van der Waals surface area contributed by atoms with Crippen LogP contribution in [0, 0.1) is 5.92 Å². The highest BCUT2D eigenvalue weighted by Crippen LogP contribution is 2.56. The fraction of sp³-hybridized carbons (Fsp3) is 0.261.